The second-order valence-electron chi connectivity index (χ2n) is 5.55. The lowest BCUT2D eigenvalue weighted by atomic mass is 9.96. The van der Waals surface area contributed by atoms with Gasteiger partial charge in [0.05, 0.1) is 11.6 Å². The summed E-state index contributed by atoms with van der Waals surface area (Å²) in [6.45, 7) is 5.68. The van der Waals surface area contributed by atoms with E-state index in [0.717, 1.165) is 23.2 Å². The fraction of sp³-hybridized carbons (Fsp3) is 0.438. The van der Waals surface area contributed by atoms with Gasteiger partial charge in [-0.2, -0.15) is 0 Å². The minimum Gasteiger partial charge on any atom is -0.459 e. The number of nitrogens with one attached hydrogen (secondary N) is 1. The summed E-state index contributed by atoms with van der Waals surface area (Å²) in [6, 6.07) is 9.54. The van der Waals surface area contributed by atoms with E-state index in [1.807, 2.05) is 44.2 Å². The van der Waals surface area contributed by atoms with Crippen molar-refractivity contribution in [3.05, 3.63) is 36.1 Å². The number of hydrogen-bond acceptors (Lipinski definition) is 3. The molecule has 1 heterocycles. The van der Waals surface area contributed by atoms with Crippen LogP contribution in [0.4, 0.5) is 0 Å². The Morgan fingerprint density at radius 2 is 2.15 bits per heavy atom. The van der Waals surface area contributed by atoms with Crippen molar-refractivity contribution in [1.82, 2.24) is 5.32 Å². The number of furan rings is 1. The molecule has 0 saturated carbocycles. The van der Waals surface area contributed by atoms with Gasteiger partial charge in [0.2, 0.25) is 5.91 Å². The molecule has 1 aromatic carbocycles. The lowest BCUT2D eigenvalue weighted by molar-refractivity contribution is -0.126. The van der Waals surface area contributed by atoms with Gasteiger partial charge >= 0.3 is 0 Å². The molecule has 0 spiro atoms. The Hall–Kier alpha value is -1.81. The molecule has 1 amide bonds. The molecule has 0 aliphatic rings. The highest BCUT2D eigenvalue weighted by molar-refractivity contribution is 5.86. The Labute approximate surface area is 119 Å². The predicted molar refractivity (Wildman–Crippen MR) is 80.3 cm³/mol. The van der Waals surface area contributed by atoms with E-state index < -0.39 is 5.54 Å². The lowest BCUT2D eigenvalue weighted by Crippen LogP contribution is -2.51. The molecular formula is C16H22N2O2. The second-order valence-corrected chi connectivity index (χ2v) is 5.55. The van der Waals surface area contributed by atoms with Gasteiger partial charge in [0.15, 0.2) is 0 Å². The molecule has 0 radical (unpaired) electrons. The van der Waals surface area contributed by atoms with Gasteiger partial charge in [-0.3, -0.25) is 4.79 Å². The van der Waals surface area contributed by atoms with E-state index in [-0.39, 0.29) is 11.9 Å². The Morgan fingerprint density at radius 3 is 2.80 bits per heavy atom. The number of benzene rings is 1. The molecule has 0 aliphatic heterocycles. The molecule has 20 heavy (non-hydrogen) atoms. The van der Waals surface area contributed by atoms with E-state index in [9.17, 15) is 4.79 Å². The van der Waals surface area contributed by atoms with Crippen LogP contribution < -0.4 is 11.1 Å². The molecule has 0 bridgehead atoms. The molecule has 0 aliphatic carbocycles. The summed E-state index contributed by atoms with van der Waals surface area (Å²) in [5.41, 5.74) is 6.02. The van der Waals surface area contributed by atoms with Gasteiger partial charge in [-0.15, -0.1) is 0 Å². The first-order valence-corrected chi connectivity index (χ1v) is 7.02. The molecule has 1 aromatic heterocycles. The van der Waals surface area contributed by atoms with Crippen LogP contribution in [0, 0.1) is 0 Å². The summed E-state index contributed by atoms with van der Waals surface area (Å²) < 4.78 is 5.75. The van der Waals surface area contributed by atoms with E-state index in [1.54, 1.807) is 6.92 Å². The van der Waals surface area contributed by atoms with Crippen LogP contribution in [0.5, 0.6) is 0 Å². The van der Waals surface area contributed by atoms with E-state index in [4.69, 9.17) is 10.2 Å². The quantitative estimate of drug-likeness (QED) is 0.880. The van der Waals surface area contributed by atoms with Crippen molar-refractivity contribution >= 4 is 16.9 Å². The zero-order valence-electron chi connectivity index (χ0n) is 12.3. The number of carbonyl (C=O) groups excluding carboxylic acids is 1. The number of fused-ring (bicyclic) bond motifs is 1. The number of rotatable bonds is 5. The van der Waals surface area contributed by atoms with Crippen LogP contribution in [0.25, 0.3) is 11.0 Å². The molecule has 2 unspecified atom stereocenters. The number of carbonyl (C=O) groups is 1. The first-order valence-electron chi connectivity index (χ1n) is 7.02. The van der Waals surface area contributed by atoms with Crippen molar-refractivity contribution in [3.63, 3.8) is 0 Å². The van der Waals surface area contributed by atoms with Crippen molar-refractivity contribution in [2.45, 2.75) is 45.2 Å². The molecule has 2 atom stereocenters. The second kappa shape index (κ2) is 5.67. The normalized spacial score (nSPS) is 15.8. The molecule has 0 fully saturated rings. The third kappa shape index (κ3) is 3.02. The van der Waals surface area contributed by atoms with E-state index in [2.05, 4.69) is 5.32 Å². The van der Waals surface area contributed by atoms with E-state index in [0.29, 0.717) is 6.42 Å². The minimum absolute atomic E-state index is 0.146. The number of hydrogen-bond donors (Lipinski definition) is 2. The van der Waals surface area contributed by atoms with Gasteiger partial charge in [0.25, 0.3) is 0 Å². The zero-order valence-corrected chi connectivity index (χ0v) is 12.3. The summed E-state index contributed by atoms with van der Waals surface area (Å²) in [6.07, 6.45) is 1.53. The SMILES string of the molecule is CCCC(C)(N)C(=O)NC(C)c1cc2ccccc2o1. The van der Waals surface area contributed by atoms with Crippen molar-refractivity contribution in [2.24, 2.45) is 5.73 Å². The Bertz CT molecular complexity index is 568. The van der Waals surface area contributed by atoms with Gasteiger partial charge in [0.1, 0.15) is 11.3 Å². The smallest absolute Gasteiger partial charge is 0.240 e. The molecule has 3 N–H and O–H groups in total. The third-order valence-corrected chi connectivity index (χ3v) is 3.51. The minimum atomic E-state index is -0.838. The number of amides is 1. The van der Waals surface area contributed by atoms with E-state index in [1.165, 1.54) is 0 Å². The van der Waals surface area contributed by atoms with E-state index >= 15 is 0 Å². The van der Waals surface area contributed by atoms with Crippen LogP contribution in [-0.2, 0) is 4.79 Å². The largest absolute Gasteiger partial charge is 0.459 e. The highest BCUT2D eigenvalue weighted by atomic mass is 16.3. The van der Waals surface area contributed by atoms with Gasteiger partial charge in [-0.05, 0) is 32.4 Å². The maximum absolute atomic E-state index is 12.2. The predicted octanol–water partition coefficient (Wildman–Crippen LogP) is 3.13. The van der Waals surface area contributed by atoms with Crippen LogP contribution in [0.15, 0.2) is 34.7 Å². The molecular weight excluding hydrogens is 252 g/mol. The lowest BCUT2D eigenvalue weighted by Gasteiger charge is -2.24. The monoisotopic (exact) mass is 274 g/mol. The topological polar surface area (TPSA) is 68.3 Å². The summed E-state index contributed by atoms with van der Waals surface area (Å²) >= 11 is 0. The van der Waals surface area contributed by atoms with Crippen LogP contribution in [0.3, 0.4) is 0 Å². The first kappa shape index (κ1) is 14.6. The van der Waals surface area contributed by atoms with Crippen LogP contribution in [-0.4, -0.2) is 11.4 Å². The molecule has 108 valence electrons. The zero-order chi connectivity index (χ0) is 14.8. The Morgan fingerprint density at radius 1 is 1.45 bits per heavy atom. The molecule has 2 rings (SSSR count). The average molecular weight is 274 g/mol. The molecule has 0 saturated heterocycles. The number of para-hydroxylation sites is 1. The fourth-order valence-corrected chi connectivity index (χ4v) is 2.28. The first-order chi connectivity index (χ1) is 9.44. The van der Waals surface area contributed by atoms with Gasteiger partial charge in [0, 0.05) is 5.39 Å². The summed E-state index contributed by atoms with van der Waals surface area (Å²) in [5, 5.41) is 3.96. The Balaban J connectivity index is 2.11. The highest BCUT2D eigenvalue weighted by Crippen LogP contribution is 2.24. The summed E-state index contributed by atoms with van der Waals surface area (Å²) in [7, 11) is 0. The van der Waals surface area contributed by atoms with Crippen LogP contribution >= 0.6 is 0 Å². The van der Waals surface area contributed by atoms with Crippen LogP contribution in [0.2, 0.25) is 0 Å². The van der Waals surface area contributed by atoms with Crippen molar-refractivity contribution < 1.29 is 9.21 Å². The van der Waals surface area contributed by atoms with Crippen molar-refractivity contribution in [2.75, 3.05) is 0 Å². The highest BCUT2D eigenvalue weighted by Gasteiger charge is 2.28. The molecule has 4 nitrogen and oxygen atoms in total. The number of nitrogens with two attached hydrogens (primary N) is 1. The molecule has 4 heteroatoms. The maximum atomic E-state index is 12.2. The average Bonchev–Trinajstić information content (AvgIpc) is 2.82. The molecule has 2 aromatic rings. The third-order valence-electron chi connectivity index (χ3n) is 3.51. The van der Waals surface area contributed by atoms with Gasteiger partial charge in [-0.1, -0.05) is 31.5 Å². The maximum Gasteiger partial charge on any atom is 0.240 e. The Kier molecular flexibility index (Phi) is 4.14. The fourth-order valence-electron chi connectivity index (χ4n) is 2.28. The van der Waals surface area contributed by atoms with Gasteiger partial charge < -0.3 is 15.5 Å². The van der Waals surface area contributed by atoms with Crippen LogP contribution in [0.1, 0.15) is 45.4 Å². The van der Waals surface area contributed by atoms with Crippen molar-refractivity contribution in [1.29, 1.82) is 0 Å². The summed E-state index contributed by atoms with van der Waals surface area (Å²) in [4.78, 5) is 12.2. The van der Waals surface area contributed by atoms with Crippen molar-refractivity contribution in [3.8, 4) is 0 Å². The summed E-state index contributed by atoms with van der Waals surface area (Å²) in [5.74, 6) is 0.596. The van der Waals surface area contributed by atoms with Gasteiger partial charge in [-0.25, -0.2) is 0 Å². The standard InChI is InChI=1S/C16H22N2O2/c1-4-9-16(3,17)15(19)18-11(2)14-10-12-7-5-6-8-13(12)20-14/h5-8,10-11H,4,9,17H2,1-3H3,(H,18,19).